The highest BCUT2D eigenvalue weighted by atomic mass is 35.5. The van der Waals surface area contributed by atoms with Crippen LogP contribution in [0.3, 0.4) is 0 Å². The topological polar surface area (TPSA) is 111 Å². The van der Waals surface area contributed by atoms with Crippen LogP contribution in [0.1, 0.15) is 51.7 Å². The molecule has 5 rings (SSSR count). The monoisotopic (exact) mass is 464 g/mol. The molecule has 1 aromatic heterocycles. The fourth-order valence-corrected chi connectivity index (χ4v) is 4.81. The molecule has 1 atom stereocenters. The first-order valence-electron chi connectivity index (χ1n) is 10.7. The number of halogens is 1. The third kappa shape index (κ3) is 3.66. The molecule has 9 heteroatoms. The molecule has 168 valence electrons. The number of anilines is 1. The van der Waals surface area contributed by atoms with Crippen molar-refractivity contribution in [2.24, 2.45) is 0 Å². The Balaban J connectivity index is 1.38. The molecule has 33 heavy (non-hydrogen) atoms. The number of amides is 4. The zero-order valence-electron chi connectivity index (χ0n) is 17.8. The number of nitrogens with zero attached hydrogens (tertiary/aromatic N) is 1. The van der Waals surface area contributed by atoms with Crippen LogP contribution in [-0.2, 0) is 22.6 Å². The molecular weight excluding hydrogens is 444 g/mol. The van der Waals surface area contributed by atoms with Crippen LogP contribution < -0.4 is 10.6 Å². The molecule has 0 radical (unpaired) electrons. The second-order valence-corrected chi connectivity index (χ2v) is 8.68. The molecule has 0 bridgehead atoms. The van der Waals surface area contributed by atoms with E-state index in [-0.39, 0.29) is 30.7 Å². The van der Waals surface area contributed by atoms with Crippen LogP contribution in [0, 0.1) is 0 Å². The summed E-state index contributed by atoms with van der Waals surface area (Å²) in [5.41, 5.74) is 3.93. The molecule has 1 fully saturated rings. The molecule has 2 aliphatic heterocycles. The van der Waals surface area contributed by atoms with Gasteiger partial charge in [0.05, 0.1) is 0 Å². The number of hydrogen-bond donors (Lipinski definition) is 3. The van der Waals surface area contributed by atoms with Gasteiger partial charge in [0, 0.05) is 40.1 Å². The third-order valence-corrected chi connectivity index (χ3v) is 6.47. The van der Waals surface area contributed by atoms with Gasteiger partial charge in [-0.05, 0) is 54.3 Å². The molecule has 3 heterocycles. The van der Waals surface area contributed by atoms with Gasteiger partial charge in [-0.2, -0.15) is 0 Å². The van der Waals surface area contributed by atoms with Crippen molar-refractivity contribution in [2.45, 2.75) is 38.8 Å². The molecule has 0 aliphatic carbocycles. The lowest BCUT2D eigenvalue weighted by atomic mass is 10.0. The first-order valence-corrected chi connectivity index (χ1v) is 11.1. The van der Waals surface area contributed by atoms with Gasteiger partial charge in [0.2, 0.25) is 11.8 Å². The molecule has 3 N–H and O–H groups in total. The highest BCUT2D eigenvalue weighted by molar-refractivity contribution is 6.31. The summed E-state index contributed by atoms with van der Waals surface area (Å²) in [7, 11) is 0. The highest BCUT2D eigenvalue weighted by Crippen LogP contribution is 2.30. The van der Waals surface area contributed by atoms with Crippen LogP contribution in [-0.4, -0.2) is 39.6 Å². The van der Waals surface area contributed by atoms with E-state index in [0.29, 0.717) is 34.8 Å². The number of rotatable bonds is 4. The van der Waals surface area contributed by atoms with Crippen molar-refractivity contribution in [1.29, 1.82) is 0 Å². The summed E-state index contributed by atoms with van der Waals surface area (Å²) < 4.78 is 0. The number of nitrogens with one attached hydrogen (secondary N) is 3. The molecule has 0 spiro atoms. The maximum absolute atomic E-state index is 13.1. The number of carbonyl (C=O) groups excluding carboxylic acids is 4. The summed E-state index contributed by atoms with van der Waals surface area (Å²) in [6, 6.07) is 9.89. The van der Waals surface area contributed by atoms with Crippen LogP contribution >= 0.6 is 11.6 Å². The zero-order valence-corrected chi connectivity index (χ0v) is 18.6. The summed E-state index contributed by atoms with van der Waals surface area (Å²) in [5, 5.41) is 6.73. The van der Waals surface area contributed by atoms with E-state index in [1.54, 1.807) is 30.3 Å². The van der Waals surface area contributed by atoms with Gasteiger partial charge in [-0.1, -0.05) is 24.6 Å². The molecular formula is C24H21ClN4O4. The standard InChI is InChI=1S/C24H21ClN4O4/c1-2-15-17-5-3-13(25)10-18(17)27-21(15)23(32)26-14-4-6-16-12(9-14)11-29(24(16)33)19-7-8-20(30)28-22(19)31/h3-6,9-10,19,27H,2,7-8,11H2,1H3,(H,26,32)(H,28,30,31). The number of piperidine rings is 1. The van der Waals surface area contributed by atoms with Gasteiger partial charge in [0.25, 0.3) is 11.8 Å². The van der Waals surface area contributed by atoms with Crippen molar-refractivity contribution < 1.29 is 19.2 Å². The summed E-state index contributed by atoms with van der Waals surface area (Å²) in [4.78, 5) is 54.2. The van der Waals surface area contributed by atoms with E-state index in [1.165, 1.54) is 4.90 Å². The van der Waals surface area contributed by atoms with E-state index in [0.717, 1.165) is 22.0 Å². The number of aromatic nitrogens is 1. The van der Waals surface area contributed by atoms with Crippen molar-refractivity contribution in [3.8, 4) is 0 Å². The number of aromatic amines is 1. The molecule has 0 saturated carbocycles. The van der Waals surface area contributed by atoms with Gasteiger partial charge in [-0.15, -0.1) is 0 Å². The molecule has 4 amide bonds. The first kappa shape index (κ1) is 21.2. The van der Waals surface area contributed by atoms with Crippen LogP contribution in [0.15, 0.2) is 36.4 Å². The molecule has 8 nitrogen and oxygen atoms in total. The Morgan fingerprint density at radius 3 is 2.76 bits per heavy atom. The minimum atomic E-state index is -0.675. The molecule has 3 aromatic rings. The fraction of sp³-hybridized carbons (Fsp3) is 0.250. The zero-order chi connectivity index (χ0) is 23.3. The van der Waals surface area contributed by atoms with Crippen molar-refractivity contribution in [1.82, 2.24) is 15.2 Å². The predicted molar refractivity (Wildman–Crippen MR) is 123 cm³/mol. The van der Waals surface area contributed by atoms with Crippen molar-refractivity contribution in [3.05, 3.63) is 63.8 Å². The van der Waals surface area contributed by atoms with E-state index in [9.17, 15) is 19.2 Å². The van der Waals surface area contributed by atoms with Crippen LogP contribution in [0.5, 0.6) is 0 Å². The average Bonchev–Trinajstić information content (AvgIpc) is 3.30. The van der Waals surface area contributed by atoms with E-state index in [2.05, 4.69) is 15.6 Å². The summed E-state index contributed by atoms with van der Waals surface area (Å²) in [5.74, 6) is -1.31. The minimum Gasteiger partial charge on any atom is -0.350 e. The van der Waals surface area contributed by atoms with Gasteiger partial charge >= 0.3 is 0 Å². The Morgan fingerprint density at radius 2 is 2.00 bits per heavy atom. The van der Waals surface area contributed by atoms with E-state index < -0.39 is 11.9 Å². The number of carbonyl (C=O) groups is 4. The van der Waals surface area contributed by atoms with Crippen LogP contribution in [0.2, 0.25) is 5.02 Å². The van der Waals surface area contributed by atoms with Gasteiger partial charge < -0.3 is 15.2 Å². The second kappa shape index (κ2) is 8.04. The largest absolute Gasteiger partial charge is 0.350 e. The van der Waals surface area contributed by atoms with Gasteiger partial charge in [0.1, 0.15) is 11.7 Å². The number of H-pyrrole nitrogens is 1. The fourth-order valence-electron chi connectivity index (χ4n) is 4.63. The molecule has 1 unspecified atom stereocenters. The van der Waals surface area contributed by atoms with Gasteiger partial charge in [-0.25, -0.2) is 0 Å². The highest BCUT2D eigenvalue weighted by Gasteiger charge is 2.39. The summed E-state index contributed by atoms with van der Waals surface area (Å²) in [6.07, 6.45) is 1.18. The predicted octanol–water partition coefficient (Wildman–Crippen LogP) is 3.40. The summed E-state index contributed by atoms with van der Waals surface area (Å²) >= 11 is 6.09. The van der Waals surface area contributed by atoms with Crippen LogP contribution in [0.25, 0.3) is 10.9 Å². The Hall–Kier alpha value is -3.65. The number of imide groups is 1. The quantitative estimate of drug-likeness (QED) is 0.514. The Labute approximate surface area is 194 Å². The van der Waals surface area contributed by atoms with E-state index in [4.69, 9.17) is 11.6 Å². The Morgan fingerprint density at radius 1 is 1.18 bits per heavy atom. The maximum atomic E-state index is 13.1. The lowest BCUT2D eigenvalue weighted by Crippen LogP contribution is -2.52. The Kier molecular flexibility index (Phi) is 5.17. The lowest BCUT2D eigenvalue weighted by Gasteiger charge is -2.29. The maximum Gasteiger partial charge on any atom is 0.272 e. The Bertz CT molecular complexity index is 1350. The number of fused-ring (bicyclic) bond motifs is 2. The number of benzene rings is 2. The van der Waals surface area contributed by atoms with E-state index >= 15 is 0 Å². The van der Waals surface area contributed by atoms with Gasteiger partial charge in [-0.3, -0.25) is 24.5 Å². The molecule has 2 aliphatic rings. The second-order valence-electron chi connectivity index (χ2n) is 8.25. The summed E-state index contributed by atoms with van der Waals surface area (Å²) in [6.45, 7) is 2.23. The number of aryl methyl sites for hydroxylation is 1. The van der Waals surface area contributed by atoms with Crippen LogP contribution in [0.4, 0.5) is 5.69 Å². The van der Waals surface area contributed by atoms with E-state index in [1.807, 2.05) is 13.0 Å². The molecule has 2 aromatic carbocycles. The SMILES string of the molecule is CCc1c(C(=O)Nc2ccc3c(c2)CN(C2CCC(=O)NC2=O)C3=O)[nH]c2cc(Cl)ccc12. The van der Waals surface area contributed by atoms with Crippen molar-refractivity contribution >= 4 is 51.8 Å². The van der Waals surface area contributed by atoms with Crippen molar-refractivity contribution in [2.75, 3.05) is 5.32 Å². The smallest absolute Gasteiger partial charge is 0.272 e. The third-order valence-electron chi connectivity index (χ3n) is 6.23. The first-order chi connectivity index (χ1) is 15.9. The minimum absolute atomic E-state index is 0.202. The normalized spacial score (nSPS) is 17.9. The molecule has 1 saturated heterocycles. The van der Waals surface area contributed by atoms with Crippen molar-refractivity contribution in [3.63, 3.8) is 0 Å². The van der Waals surface area contributed by atoms with Gasteiger partial charge in [0.15, 0.2) is 0 Å². The average molecular weight is 465 g/mol. The lowest BCUT2D eigenvalue weighted by molar-refractivity contribution is -0.136. The number of hydrogen-bond acceptors (Lipinski definition) is 4.